The highest BCUT2D eigenvalue weighted by Crippen LogP contribution is 2.56. The van der Waals surface area contributed by atoms with Gasteiger partial charge in [0.15, 0.2) is 0 Å². The molecule has 2 aliphatic rings. The molecule has 0 N–H and O–H groups in total. The first kappa shape index (κ1) is 13.6. The van der Waals surface area contributed by atoms with Crippen LogP contribution in [0, 0.1) is 17.3 Å². The van der Waals surface area contributed by atoms with E-state index < -0.39 is 0 Å². The van der Waals surface area contributed by atoms with Crippen LogP contribution in [0.1, 0.15) is 59.8 Å². The smallest absolute Gasteiger partial charge is 0.00419 e. The van der Waals surface area contributed by atoms with Crippen LogP contribution in [0.15, 0.2) is 35.5 Å². The monoisotopic (exact) mass is 244 g/mol. The highest BCUT2D eigenvalue weighted by Gasteiger charge is 2.46. The van der Waals surface area contributed by atoms with Crippen molar-refractivity contribution in [2.24, 2.45) is 17.3 Å². The van der Waals surface area contributed by atoms with Crippen molar-refractivity contribution in [3.05, 3.63) is 35.5 Å². The van der Waals surface area contributed by atoms with E-state index in [0.717, 1.165) is 11.8 Å². The summed E-state index contributed by atoms with van der Waals surface area (Å²) < 4.78 is 0. The van der Waals surface area contributed by atoms with Crippen LogP contribution in [0.5, 0.6) is 0 Å². The highest BCUT2D eigenvalue weighted by molar-refractivity contribution is 5.35. The normalized spacial score (nSPS) is 36.9. The lowest BCUT2D eigenvalue weighted by atomic mass is 9.54. The maximum Gasteiger partial charge on any atom is -0.00419 e. The van der Waals surface area contributed by atoms with Crippen molar-refractivity contribution < 1.29 is 0 Å². The number of hydrogen-bond donors (Lipinski definition) is 0. The van der Waals surface area contributed by atoms with Gasteiger partial charge in [-0.25, -0.2) is 0 Å². The minimum Gasteiger partial charge on any atom is -0.0998 e. The summed E-state index contributed by atoms with van der Waals surface area (Å²) >= 11 is 0. The minimum atomic E-state index is 0.400. The van der Waals surface area contributed by atoms with Crippen LogP contribution in [0.4, 0.5) is 0 Å². The fourth-order valence-corrected chi connectivity index (χ4v) is 4.46. The molecule has 0 aromatic rings. The van der Waals surface area contributed by atoms with Gasteiger partial charge in [0.1, 0.15) is 0 Å². The molecule has 0 nitrogen and oxygen atoms in total. The first-order valence-electron chi connectivity index (χ1n) is 7.49. The molecule has 0 heterocycles. The minimum absolute atomic E-state index is 0.400. The van der Waals surface area contributed by atoms with Gasteiger partial charge in [0, 0.05) is 0 Å². The van der Waals surface area contributed by atoms with Gasteiger partial charge in [0.05, 0.1) is 0 Å². The molecule has 1 fully saturated rings. The van der Waals surface area contributed by atoms with Crippen LogP contribution in [0.25, 0.3) is 0 Å². The lowest BCUT2D eigenvalue weighted by molar-refractivity contribution is 0.0938. The fraction of sp³-hybridized carbons (Fsp3) is 0.667. The molecule has 0 bridgehead atoms. The third-order valence-corrected chi connectivity index (χ3v) is 5.39. The van der Waals surface area contributed by atoms with Crippen molar-refractivity contribution in [2.75, 3.05) is 0 Å². The van der Waals surface area contributed by atoms with Crippen LogP contribution in [-0.4, -0.2) is 0 Å². The van der Waals surface area contributed by atoms with Crippen LogP contribution < -0.4 is 0 Å². The average molecular weight is 244 g/mol. The summed E-state index contributed by atoms with van der Waals surface area (Å²) in [5.41, 5.74) is 5.06. The number of rotatable bonds is 2. The van der Waals surface area contributed by atoms with E-state index in [-0.39, 0.29) is 0 Å². The van der Waals surface area contributed by atoms with Gasteiger partial charge in [0.2, 0.25) is 0 Å². The lowest BCUT2D eigenvalue weighted by Gasteiger charge is -2.51. The molecule has 0 aromatic heterocycles. The molecule has 18 heavy (non-hydrogen) atoms. The van der Waals surface area contributed by atoms with Crippen molar-refractivity contribution in [1.29, 1.82) is 0 Å². The second-order valence-corrected chi connectivity index (χ2v) is 6.60. The molecule has 3 unspecified atom stereocenters. The first-order chi connectivity index (χ1) is 8.50. The Morgan fingerprint density at radius 3 is 2.72 bits per heavy atom. The van der Waals surface area contributed by atoms with Crippen LogP contribution >= 0.6 is 0 Å². The van der Waals surface area contributed by atoms with Gasteiger partial charge in [0.25, 0.3) is 0 Å². The summed E-state index contributed by atoms with van der Waals surface area (Å²) in [6.45, 7) is 13.5. The fourth-order valence-electron chi connectivity index (χ4n) is 4.46. The molecule has 3 atom stereocenters. The Labute approximate surface area is 113 Å². The van der Waals surface area contributed by atoms with E-state index in [1.54, 1.807) is 11.1 Å². The van der Waals surface area contributed by atoms with Gasteiger partial charge >= 0.3 is 0 Å². The zero-order valence-electron chi connectivity index (χ0n) is 12.6. The van der Waals surface area contributed by atoms with Crippen molar-refractivity contribution in [1.82, 2.24) is 0 Å². The molecule has 100 valence electrons. The van der Waals surface area contributed by atoms with E-state index in [0.29, 0.717) is 5.41 Å². The predicted molar refractivity (Wildman–Crippen MR) is 80.5 cm³/mol. The van der Waals surface area contributed by atoms with E-state index in [1.165, 1.54) is 37.7 Å². The molecule has 0 aromatic carbocycles. The Bertz CT molecular complexity index is 396. The van der Waals surface area contributed by atoms with E-state index in [9.17, 15) is 0 Å². The Kier molecular flexibility index (Phi) is 3.84. The van der Waals surface area contributed by atoms with E-state index in [1.807, 2.05) is 0 Å². The van der Waals surface area contributed by atoms with Crippen molar-refractivity contribution >= 4 is 0 Å². The Balaban J connectivity index is 2.42. The quantitative estimate of drug-likeness (QED) is 0.549. The number of fused-ring (bicyclic) bond motifs is 1. The van der Waals surface area contributed by atoms with Crippen LogP contribution in [0.3, 0.4) is 0 Å². The standard InChI is InChI=1S/C18H28/c1-6-8-16-14(4)10-11-17-15(13(2)3)9-7-12-18(16,17)5/h6,8,15,17H,2,7,9-12H2,1,3-5H3/b8-6-. The molecule has 1 saturated carbocycles. The van der Waals surface area contributed by atoms with Gasteiger partial charge < -0.3 is 0 Å². The van der Waals surface area contributed by atoms with Gasteiger partial charge in [-0.3, -0.25) is 0 Å². The summed E-state index contributed by atoms with van der Waals surface area (Å²) in [6.07, 6.45) is 11.3. The van der Waals surface area contributed by atoms with Gasteiger partial charge in [-0.05, 0) is 69.3 Å². The van der Waals surface area contributed by atoms with E-state index in [2.05, 4.69) is 46.4 Å². The molecule has 0 radical (unpaired) electrons. The third kappa shape index (κ3) is 2.11. The molecule has 2 aliphatic carbocycles. The van der Waals surface area contributed by atoms with Crippen molar-refractivity contribution in [3.63, 3.8) is 0 Å². The Morgan fingerprint density at radius 2 is 2.11 bits per heavy atom. The van der Waals surface area contributed by atoms with Gasteiger partial charge in [-0.2, -0.15) is 0 Å². The average Bonchev–Trinajstić information content (AvgIpc) is 2.32. The number of allylic oxidation sites excluding steroid dienone is 5. The maximum atomic E-state index is 4.26. The van der Waals surface area contributed by atoms with Crippen molar-refractivity contribution in [2.45, 2.75) is 59.8 Å². The SMILES string of the molecule is C=C(C)C1CCCC2(C)C(/C=C\C)=C(C)CCC12. The van der Waals surface area contributed by atoms with Gasteiger partial charge in [-0.15, -0.1) is 0 Å². The zero-order valence-corrected chi connectivity index (χ0v) is 12.6. The predicted octanol–water partition coefficient (Wildman–Crippen LogP) is 5.67. The summed E-state index contributed by atoms with van der Waals surface area (Å²) in [5, 5.41) is 0. The summed E-state index contributed by atoms with van der Waals surface area (Å²) in [7, 11) is 0. The molecule has 0 heteroatoms. The van der Waals surface area contributed by atoms with Crippen LogP contribution in [0.2, 0.25) is 0 Å². The number of hydrogen-bond acceptors (Lipinski definition) is 0. The molecule has 2 rings (SSSR count). The Morgan fingerprint density at radius 1 is 1.39 bits per heavy atom. The molecular formula is C18H28. The lowest BCUT2D eigenvalue weighted by Crippen LogP contribution is -2.41. The second-order valence-electron chi connectivity index (χ2n) is 6.60. The maximum absolute atomic E-state index is 4.26. The zero-order chi connectivity index (χ0) is 13.3. The van der Waals surface area contributed by atoms with E-state index >= 15 is 0 Å². The molecule has 0 amide bonds. The highest BCUT2D eigenvalue weighted by atomic mass is 14.5. The van der Waals surface area contributed by atoms with Crippen LogP contribution in [-0.2, 0) is 0 Å². The molecule has 0 spiro atoms. The largest absolute Gasteiger partial charge is 0.0998 e. The molecular weight excluding hydrogens is 216 g/mol. The molecule has 0 saturated heterocycles. The molecule has 0 aliphatic heterocycles. The summed E-state index contributed by atoms with van der Waals surface area (Å²) in [4.78, 5) is 0. The third-order valence-electron chi connectivity index (χ3n) is 5.39. The summed E-state index contributed by atoms with van der Waals surface area (Å²) in [6, 6.07) is 0. The Hall–Kier alpha value is -0.780. The van der Waals surface area contributed by atoms with Gasteiger partial charge in [-0.1, -0.05) is 43.2 Å². The summed E-state index contributed by atoms with van der Waals surface area (Å²) in [5.74, 6) is 1.57. The first-order valence-corrected chi connectivity index (χ1v) is 7.49. The topological polar surface area (TPSA) is 0 Å². The second kappa shape index (κ2) is 5.07. The van der Waals surface area contributed by atoms with Crippen molar-refractivity contribution in [3.8, 4) is 0 Å². The van der Waals surface area contributed by atoms with E-state index in [4.69, 9.17) is 0 Å².